The van der Waals surface area contributed by atoms with Gasteiger partial charge in [0.05, 0.1) is 17.0 Å². The van der Waals surface area contributed by atoms with Gasteiger partial charge in [-0.05, 0) is 38.1 Å². The summed E-state index contributed by atoms with van der Waals surface area (Å²) in [4.78, 5) is 11.4. The number of aromatic nitrogens is 3. The maximum atomic E-state index is 8.52. The predicted octanol–water partition coefficient (Wildman–Crippen LogP) is 3.43. The van der Waals surface area contributed by atoms with E-state index < -0.39 is 0 Å². The summed E-state index contributed by atoms with van der Waals surface area (Å²) in [6.45, 7) is 3.99. The van der Waals surface area contributed by atoms with Crippen molar-refractivity contribution < 1.29 is 0 Å². The van der Waals surface area contributed by atoms with Crippen LogP contribution >= 0.6 is 11.6 Å². The molecule has 0 spiro atoms. The van der Waals surface area contributed by atoms with Crippen molar-refractivity contribution >= 4 is 39.9 Å². The molecule has 23 heavy (non-hydrogen) atoms. The number of hydrogen-bond acceptors (Lipinski definition) is 5. The number of H-pyrrole nitrogens is 1. The highest BCUT2D eigenvalue weighted by molar-refractivity contribution is 6.31. The van der Waals surface area contributed by atoms with E-state index in [4.69, 9.17) is 22.7 Å². The normalized spacial score (nSPS) is 11.1. The predicted molar refractivity (Wildman–Crippen MR) is 94.4 cm³/mol. The molecule has 5 N–H and O–H groups in total. The number of fused-ring (bicyclic) bond motifs is 1. The van der Waals surface area contributed by atoms with E-state index in [-0.39, 0.29) is 17.6 Å². The maximum absolute atomic E-state index is 8.52. The van der Waals surface area contributed by atoms with Gasteiger partial charge in [0.15, 0.2) is 0 Å². The fourth-order valence-electron chi connectivity index (χ4n) is 2.40. The lowest BCUT2D eigenvalue weighted by atomic mass is 10.1. The largest absolute Gasteiger partial charge is 0.383 e. The number of rotatable bonds is 4. The molecule has 1 aromatic carbocycles. The van der Waals surface area contributed by atoms with Crippen LogP contribution < -0.4 is 11.1 Å². The van der Waals surface area contributed by atoms with Gasteiger partial charge >= 0.3 is 0 Å². The Hall–Kier alpha value is -2.60. The molecule has 0 saturated heterocycles. The molecule has 0 atom stereocenters. The summed E-state index contributed by atoms with van der Waals surface area (Å²) in [6.07, 6.45) is 1.39. The second-order valence-corrected chi connectivity index (χ2v) is 6.01. The van der Waals surface area contributed by atoms with Crippen molar-refractivity contribution in [2.24, 2.45) is 0 Å². The van der Waals surface area contributed by atoms with Gasteiger partial charge in [0, 0.05) is 22.0 Å². The van der Waals surface area contributed by atoms with E-state index in [1.54, 1.807) is 6.07 Å². The number of aromatic amines is 1. The van der Waals surface area contributed by atoms with Crippen molar-refractivity contribution in [3.8, 4) is 0 Å². The molecule has 2 heterocycles. The quantitative estimate of drug-likeness (QED) is 0.551. The van der Waals surface area contributed by atoms with Gasteiger partial charge in [0.25, 0.3) is 0 Å². The minimum absolute atomic E-state index is 0.164. The van der Waals surface area contributed by atoms with Crippen LogP contribution in [0.25, 0.3) is 10.9 Å². The molecule has 6 nitrogen and oxygen atoms in total. The molecule has 0 saturated carbocycles. The Morgan fingerprint density at radius 3 is 2.83 bits per heavy atom. The maximum Gasteiger partial charge on any atom is 0.141 e. The van der Waals surface area contributed by atoms with Crippen LogP contribution in [-0.2, 0) is 0 Å². The number of nitrogen functional groups attached to an aromatic ring is 1. The van der Waals surface area contributed by atoms with Crippen molar-refractivity contribution in [1.29, 1.82) is 5.41 Å². The SMILES string of the molecule is CC(C)Nc1ncnc(N)c1C(=N)c1cc2cc(Cl)ccc2[nH]1. The van der Waals surface area contributed by atoms with Crippen LogP contribution in [0.1, 0.15) is 25.1 Å². The molecule has 0 aliphatic heterocycles. The first kappa shape index (κ1) is 15.3. The van der Waals surface area contributed by atoms with E-state index >= 15 is 0 Å². The third kappa shape index (κ3) is 2.98. The van der Waals surface area contributed by atoms with Crippen molar-refractivity contribution in [2.45, 2.75) is 19.9 Å². The Morgan fingerprint density at radius 2 is 2.09 bits per heavy atom. The summed E-state index contributed by atoms with van der Waals surface area (Å²) >= 11 is 6.01. The molecule has 0 bridgehead atoms. The van der Waals surface area contributed by atoms with Crippen LogP contribution in [0.5, 0.6) is 0 Å². The van der Waals surface area contributed by atoms with Crippen LogP contribution in [0.2, 0.25) is 5.02 Å². The average molecular weight is 329 g/mol. The van der Waals surface area contributed by atoms with Crippen LogP contribution in [0.3, 0.4) is 0 Å². The molecule has 0 unspecified atom stereocenters. The summed E-state index contributed by atoms with van der Waals surface area (Å²) < 4.78 is 0. The van der Waals surface area contributed by atoms with Gasteiger partial charge in [-0.2, -0.15) is 0 Å². The molecule has 3 aromatic rings. The number of nitrogens with one attached hydrogen (secondary N) is 3. The molecule has 0 radical (unpaired) electrons. The van der Waals surface area contributed by atoms with E-state index in [0.717, 1.165) is 10.9 Å². The first-order chi connectivity index (χ1) is 11.0. The molecule has 118 valence electrons. The molecule has 0 fully saturated rings. The van der Waals surface area contributed by atoms with E-state index in [2.05, 4.69) is 20.3 Å². The summed E-state index contributed by atoms with van der Waals surface area (Å²) in [5, 5.41) is 13.3. The summed E-state index contributed by atoms with van der Waals surface area (Å²) in [7, 11) is 0. The Balaban J connectivity index is 2.08. The van der Waals surface area contributed by atoms with Gasteiger partial charge in [-0.25, -0.2) is 9.97 Å². The number of nitrogens with zero attached hydrogens (tertiary/aromatic N) is 2. The lowest BCUT2D eigenvalue weighted by Crippen LogP contribution is -2.18. The molecule has 3 rings (SSSR count). The van der Waals surface area contributed by atoms with Crippen molar-refractivity contribution in [3.63, 3.8) is 0 Å². The smallest absolute Gasteiger partial charge is 0.141 e. The third-order valence-corrected chi connectivity index (χ3v) is 3.64. The van der Waals surface area contributed by atoms with Crippen molar-refractivity contribution in [1.82, 2.24) is 15.0 Å². The zero-order valence-electron chi connectivity index (χ0n) is 12.8. The molecule has 7 heteroatoms. The summed E-state index contributed by atoms with van der Waals surface area (Å²) in [5.41, 5.74) is 8.25. The number of nitrogens with two attached hydrogens (primary N) is 1. The molecule has 0 amide bonds. The van der Waals surface area contributed by atoms with Gasteiger partial charge < -0.3 is 16.0 Å². The fraction of sp³-hybridized carbons (Fsp3) is 0.188. The van der Waals surface area contributed by atoms with Gasteiger partial charge in [-0.1, -0.05) is 11.6 Å². The van der Waals surface area contributed by atoms with Crippen LogP contribution in [0.4, 0.5) is 11.6 Å². The minimum atomic E-state index is 0.164. The van der Waals surface area contributed by atoms with Crippen molar-refractivity contribution in [3.05, 3.63) is 46.9 Å². The number of anilines is 2. The van der Waals surface area contributed by atoms with Gasteiger partial charge in [-0.3, -0.25) is 5.41 Å². The highest BCUT2D eigenvalue weighted by Crippen LogP contribution is 2.25. The number of benzene rings is 1. The third-order valence-electron chi connectivity index (χ3n) is 3.40. The van der Waals surface area contributed by atoms with E-state index in [0.29, 0.717) is 22.1 Å². The van der Waals surface area contributed by atoms with E-state index in [1.807, 2.05) is 32.0 Å². The van der Waals surface area contributed by atoms with Gasteiger partial charge in [0.1, 0.15) is 18.0 Å². The topological polar surface area (TPSA) is 103 Å². The van der Waals surface area contributed by atoms with E-state index in [1.165, 1.54) is 6.33 Å². The monoisotopic (exact) mass is 328 g/mol. The standard InChI is InChI=1S/C16H17ClN6/c1-8(2)22-16-13(15(19)20-7-21-16)14(18)12-6-9-5-10(17)3-4-11(9)23-12/h3-8,18,23H,1-2H3,(H3,19,20,21,22). The number of halogens is 1. The van der Waals surface area contributed by atoms with E-state index in [9.17, 15) is 0 Å². The van der Waals surface area contributed by atoms with Crippen LogP contribution in [0, 0.1) is 5.41 Å². The Morgan fingerprint density at radius 1 is 1.30 bits per heavy atom. The Bertz CT molecular complexity index is 883. The Labute approximate surface area is 138 Å². The molecular formula is C16H17ClN6. The van der Waals surface area contributed by atoms with Crippen LogP contribution in [0.15, 0.2) is 30.6 Å². The zero-order chi connectivity index (χ0) is 16.6. The molecular weight excluding hydrogens is 312 g/mol. The highest BCUT2D eigenvalue weighted by atomic mass is 35.5. The number of hydrogen-bond donors (Lipinski definition) is 4. The lowest BCUT2D eigenvalue weighted by Gasteiger charge is -2.14. The second-order valence-electron chi connectivity index (χ2n) is 5.57. The lowest BCUT2D eigenvalue weighted by molar-refractivity contribution is 0.885. The molecule has 2 aromatic heterocycles. The highest BCUT2D eigenvalue weighted by Gasteiger charge is 2.18. The summed E-state index contributed by atoms with van der Waals surface area (Å²) in [6, 6.07) is 7.57. The second kappa shape index (κ2) is 5.89. The summed E-state index contributed by atoms with van der Waals surface area (Å²) in [5.74, 6) is 0.819. The van der Waals surface area contributed by atoms with Gasteiger partial charge in [0.2, 0.25) is 0 Å². The van der Waals surface area contributed by atoms with Crippen molar-refractivity contribution in [2.75, 3.05) is 11.1 Å². The Kier molecular flexibility index (Phi) is 3.92. The fourth-order valence-corrected chi connectivity index (χ4v) is 2.58. The first-order valence-electron chi connectivity index (χ1n) is 7.20. The van der Waals surface area contributed by atoms with Crippen LogP contribution in [-0.4, -0.2) is 26.7 Å². The molecule has 0 aliphatic rings. The molecule has 0 aliphatic carbocycles. The zero-order valence-corrected chi connectivity index (χ0v) is 13.6. The average Bonchev–Trinajstić information content (AvgIpc) is 2.89. The first-order valence-corrected chi connectivity index (χ1v) is 7.58. The minimum Gasteiger partial charge on any atom is -0.383 e. The van der Waals surface area contributed by atoms with Gasteiger partial charge in [-0.15, -0.1) is 0 Å².